The zero-order valence-corrected chi connectivity index (χ0v) is 10.9. The van der Waals surface area contributed by atoms with Crippen molar-refractivity contribution < 1.29 is 4.74 Å². The minimum absolute atomic E-state index is 0.862. The third-order valence-corrected chi connectivity index (χ3v) is 3.55. The number of methoxy groups -OCH3 is 1. The topological polar surface area (TPSA) is 34.1 Å². The number of nitrogens with zero attached hydrogens (tertiary/aromatic N) is 1. The van der Waals surface area contributed by atoms with E-state index >= 15 is 0 Å². The Morgan fingerprint density at radius 3 is 2.59 bits per heavy atom. The third kappa shape index (κ3) is 3.28. The maximum absolute atomic E-state index is 5.12. The lowest BCUT2D eigenvalue weighted by molar-refractivity contribution is 0.414. The van der Waals surface area contributed by atoms with Crippen LogP contribution in [0.2, 0.25) is 0 Å². The van der Waals surface area contributed by atoms with Gasteiger partial charge in [-0.05, 0) is 24.6 Å². The van der Waals surface area contributed by atoms with Gasteiger partial charge in [-0.1, -0.05) is 12.1 Å². The molecule has 0 fully saturated rings. The van der Waals surface area contributed by atoms with Crippen molar-refractivity contribution >= 4 is 11.3 Å². The summed E-state index contributed by atoms with van der Waals surface area (Å²) < 4.78 is 5.12. The molecule has 0 aliphatic carbocycles. The summed E-state index contributed by atoms with van der Waals surface area (Å²) in [6.45, 7) is 3.78. The van der Waals surface area contributed by atoms with Crippen LogP contribution in [0.3, 0.4) is 0 Å². The molecule has 0 saturated carbocycles. The zero-order valence-electron chi connectivity index (χ0n) is 10.1. The van der Waals surface area contributed by atoms with Gasteiger partial charge in [0.25, 0.3) is 0 Å². The maximum atomic E-state index is 5.12. The first-order valence-corrected chi connectivity index (χ1v) is 6.40. The lowest BCUT2D eigenvalue weighted by atomic mass is 10.2. The summed E-state index contributed by atoms with van der Waals surface area (Å²) in [5.41, 5.74) is 4.27. The van der Waals surface area contributed by atoms with E-state index in [1.807, 2.05) is 24.6 Å². The number of ether oxygens (including phenoxy) is 1. The van der Waals surface area contributed by atoms with E-state index in [1.165, 1.54) is 10.4 Å². The summed E-state index contributed by atoms with van der Waals surface area (Å²) >= 11 is 1.70. The van der Waals surface area contributed by atoms with Crippen molar-refractivity contribution in [2.45, 2.75) is 20.0 Å². The van der Waals surface area contributed by atoms with Crippen LogP contribution in [-0.4, -0.2) is 12.1 Å². The quantitative estimate of drug-likeness (QED) is 0.883. The molecule has 0 spiro atoms. The Balaban J connectivity index is 1.83. The van der Waals surface area contributed by atoms with E-state index in [2.05, 4.69) is 22.4 Å². The first-order valence-electron chi connectivity index (χ1n) is 5.52. The predicted molar refractivity (Wildman–Crippen MR) is 70.4 cm³/mol. The minimum atomic E-state index is 0.862. The van der Waals surface area contributed by atoms with E-state index in [0.717, 1.165) is 24.5 Å². The molecule has 2 aromatic rings. The van der Waals surface area contributed by atoms with Gasteiger partial charge in [-0.2, -0.15) is 0 Å². The Bertz CT molecular complexity index is 465. The van der Waals surface area contributed by atoms with Crippen LogP contribution in [0.15, 0.2) is 29.8 Å². The summed E-state index contributed by atoms with van der Waals surface area (Å²) in [6, 6.07) is 8.11. The normalized spacial score (nSPS) is 10.5. The second-order valence-electron chi connectivity index (χ2n) is 3.81. The van der Waals surface area contributed by atoms with Gasteiger partial charge in [0.15, 0.2) is 0 Å². The number of thiazole rings is 1. The number of nitrogens with one attached hydrogen (secondary N) is 1. The fourth-order valence-corrected chi connectivity index (χ4v) is 2.31. The molecule has 0 amide bonds. The highest BCUT2D eigenvalue weighted by atomic mass is 32.1. The highest BCUT2D eigenvalue weighted by Gasteiger charge is 2.00. The van der Waals surface area contributed by atoms with Gasteiger partial charge < -0.3 is 10.1 Å². The van der Waals surface area contributed by atoms with E-state index < -0.39 is 0 Å². The second kappa shape index (κ2) is 5.80. The zero-order chi connectivity index (χ0) is 12.1. The van der Waals surface area contributed by atoms with Crippen LogP contribution in [0.4, 0.5) is 0 Å². The SMILES string of the molecule is COc1ccc(CNCc2scnc2C)cc1. The number of aromatic nitrogens is 1. The van der Waals surface area contributed by atoms with E-state index in [-0.39, 0.29) is 0 Å². The Morgan fingerprint density at radius 2 is 2.00 bits per heavy atom. The van der Waals surface area contributed by atoms with Crippen molar-refractivity contribution in [2.75, 3.05) is 7.11 Å². The summed E-state index contributed by atoms with van der Waals surface area (Å²) in [5, 5.41) is 3.41. The van der Waals surface area contributed by atoms with Crippen molar-refractivity contribution in [3.8, 4) is 5.75 Å². The summed E-state index contributed by atoms with van der Waals surface area (Å²) in [7, 11) is 1.68. The predicted octanol–water partition coefficient (Wildman–Crippen LogP) is 2.75. The molecular formula is C13H16N2OS. The van der Waals surface area contributed by atoms with E-state index in [1.54, 1.807) is 18.4 Å². The fourth-order valence-electron chi connectivity index (χ4n) is 1.56. The fraction of sp³-hybridized carbons (Fsp3) is 0.308. The molecule has 2 rings (SSSR count). The summed E-state index contributed by atoms with van der Waals surface area (Å²) in [6.07, 6.45) is 0. The van der Waals surface area contributed by atoms with Crippen LogP contribution >= 0.6 is 11.3 Å². The molecule has 0 atom stereocenters. The molecule has 1 heterocycles. The van der Waals surface area contributed by atoms with Crippen molar-refractivity contribution in [1.29, 1.82) is 0 Å². The van der Waals surface area contributed by atoms with Gasteiger partial charge in [-0.15, -0.1) is 11.3 Å². The van der Waals surface area contributed by atoms with Crippen LogP contribution in [-0.2, 0) is 13.1 Å². The van der Waals surface area contributed by atoms with Gasteiger partial charge in [0.05, 0.1) is 18.3 Å². The average Bonchev–Trinajstić information content (AvgIpc) is 2.76. The largest absolute Gasteiger partial charge is 0.497 e. The first kappa shape index (κ1) is 12.1. The molecule has 0 aliphatic heterocycles. The molecule has 0 bridgehead atoms. The highest BCUT2D eigenvalue weighted by Crippen LogP contribution is 2.13. The first-order chi connectivity index (χ1) is 8.29. The van der Waals surface area contributed by atoms with E-state index in [4.69, 9.17) is 4.74 Å². The lowest BCUT2D eigenvalue weighted by Gasteiger charge is -2.05. The van der Waals surface area contributed by atoms with Crippen molar-refractivity contribution in [1.82, 2.24) is 10.3 Å². The standard InChI is InChI=1S/C13H16N2OS/c1-10-13(17-9-15-10)8-14-7-11-3-5-12(16-2)6-4-11/h3-6,9,14H,7-8H2,1-2H3. The van der Waals surface area contributed by atoms with Crippen molar-refractivity contribution in [2.24, 2.45) is 0 Å². The third-order valence-electron chi connectivity index (χ3n) is 2.62. The average molecular weight is 248 g/mol. The molecule has 0 saturated heterocycles. The van der Waals surface area contributed by atoms with Gasteiger partial charge in [0.2, 0.25) is 0 Å². The van der Waals surface area contributed by atoms with Crippen LogP contribution < -0.4 is 10.1 Å². The van der Waals surface area contributed by atoms with Crippen molar-refractivity contribution in [3.05, 3.63) is 45.9 Å². The number of benzene rings is 1. The number of rotatable bonds is 5. The number of hydrogen-bond acceptors (Lipinski definition) is 4. The molecule has 0 aliphatic rings. The molecule has 0 radical (unpaired) electrons. The summed E-state index contributed by atoms with van der Waals surface area (Å²) in [4.78, 5) is 5.53. The van der Waals surface area contributed by atoms with E-state index in [0.29, 0.717) is 0 Å². The van der Waals surface area contributed by atoms with Gasteiger partial charge in [0, 0.05) is 18.0 Å². The maximum Gasteiger partial charge on any atom is 0.118 e. The van der Waals surface area contributed by atoms with Gasteiger partial charge >= 0.3 is 0 Å². The molecule has 1 aromatic heterocycles. The molecule has 3 nitrogen and oxygen atoms in total. The Labute approximate surface area is 105 Å². The Hall–Kier alpha value is -1.39. The summed E-state index contributed by atoms with van der Waals surface area (Å²) in [5.74, 6) is 0.895. The van der Waals surface area contributed by atoms with Gasteiger partial charge in [-0.25, -0.2) is 4.98 Å². The van der Waals surface area contributed by atoms with Crippen LogP contribution in [0.25, 0.3) is 0 Å². The van der Waals surface area contributed by atoms with Crippen LogP contribution in [0.1, 0.15) is 16.1 Å². The minimum Gasteiger partial charge on any atom is -0.497 e. The van der Waals surface area contributed by atoms with E-state index in [9.17, 15) is 0 Å². The molecule has 90 valence electrons. The van der Waals surface area contributed by atoms with Crippen molar-refractivity contribution in [3.63, 3.8) is 0 Å². The Morgan fingerprint density at radius 1 is 1.24 bits per heavy atom. The monoisotopic (exact) mass is 248 g/mol. The smallest absolute Gasteiger partial charge is 0.118 e. The lowest BCUT2D eigenvalue weighted by Crippen LogP contribution is -2.12. The number of aryl methyl sites for hydroxylation is 1. The molecule has 0 unspecified atom stereocenters. The molecule has 1 aromatic carbocycles. The molecule has 4 heteroatoms. The number of hydrogen-bond donors (Lipinski definition) is 1. The molecule has 17 heavy (non-hydrogen) atoms. The van der Waals surface area contributed by atoms with Crippen LogP contribution in [0, 0.1) is 6.92 Å². The highest BCUT2D eigenvalue weighted by molar-refractivity contribution is 7.09. The second-order valence-corrected chi connectivity index (χ2v) is 4.75. The molecular weight excluding hydrogens is 232 g/mol. The van der Waals surface area contributed by atoms with Gasteiger partial charge in [0.1, 0.15) is 5.75 Å². The Kier molecular flexibility index (Phi) is 4.12. The molecule has 1 N–H and O–H groups in total. The van der Waals surface area contributed by atoms with Gasteiger partial charge in [-0.3, -0.25) is 0 Å². The van der Waals surface area contributed by atoms with Crippen LogP contribution in [0.5, 0.6) is 5.75 Å².